The summed E-state index contributed by atoms with van der Waals surface area (Å²) in [6, 6.07) is 50.9. The first kappa shape index (κ1) is 30.2. The van der Waals surface area contributed by atoms with Crippen molar-refractivity contribution in [3.63, 3.8) is 0 Å². The molecule has 0 aliphatic heterocycles. The van der Waals surface area contributed by atoms with Gasteiger partial charge in [-0.15, -0.1) is 0 Å². The SMILES string of the molecule is C[n+]1c(/C=C/c2ccccc2)cc(-c2cc(/C=C/c3ccccc3)[n+](C)c(/C=C/c3ccccc3)c2)cc1/C=C/c1ccccc1. The average Bonchev–Trinajstić information content (AvgIpc) is 3.11. The molecule has 0 bridgehead atoms. The van der Waals surface area contributed by atoms with Crippen LogP contribution in [0.4, 0.5) is 0 Å². The van der Waals surface area contributed by atoms with Crippen molar-refractivity contribution in [2.45, 2.75) is 0 Å². The van der Waals surface area contributed by atoms with Gasteiger partial charge in [-0.2, -0.15) is 9.13 Å². The highest BCUT2D eigenvalue weighted by molar-refractivity contribution is 5.78. The Morgan fingerprint density at radius 2 is 0.522 bits per heavy atom. The summed E-state index contributed by atoms with van der Waals surface area (Å²) >= 11 is 0. The van der Waals surface area contributed by atoms with Crippen LogP contribution in [-0.4, -0.2) is 0 Å². The molecule has 0 atom stereocenters. The number of hydrogen-bond acceptors (Lipinski definition) is 0. The Hall–Kier alpha value is -5.86. The highest BCUT2D eigenvalue weighted by atomic mass is 14.9. The monoisotopic (exact) mass is 594 g/mol. The lowest BCUT2D eigenvalue weighted by atomic mass is 10.0. The summed E-state index contributed by atoms with van der Waals surface area (Å²) in [5.74, 6) is 0. The maximum absolute atomic E-state index is 2.28. The zero-order valence-corrected chi connectivity index (χ0v) is 26.4. The number of nitrogens with zero attached hydrogens (tertiary/aromatic N) is 2. The zero-order valence-electron chi connectivity index (χ0n) is 26.4. The van der Waals surface area contributed by atoms with Gasteiger partial charge in [-0.05, 0) is 57.7 Å². The Labute approximate surface area is 272 Å². The molecule has 222 valence electrons. The predicted octanol–water partition coefficient (Wildman–Crippen LogP) is 9.68. The lowest BCUT2D eigenvalue weighted by molar-refractivity contribution is -0.675. The van der Waals surface area contributed by atoms with Gasteiger partial charge in [-0.3, -0.25) is 0 Å². The summed E-state index contributed by atoms with van der Waals surface area (Å²) in [5.41, 5.74) is 11.5. The molecule has 2 heterocycles. The number of aromatic nitrogens is 2. The van der Waals surface area contributed by atoms with Crippen LogP contribution in [0.1, 0.15) is 45.0 Å². The van der Waals surface area contributed by atoms with E-state index in [1.165, 1.54) is 22.3 Å². The molecule has 2 heteroatoms. The molecular weight excluding hydrogens is 556 g/mol. The molecule has 4 aromatic carbocycles. The third-order valence-electron chi connectivity index (χ3n) is 8.08. The molecule has 2 nitrogen and oxygen atoms in total. The normalized spacial score (nSPS) is 11.8. The minimum atomic E-state index is 1.12. The Bertz CT molecular complexity index is 1730. The average molecular weight is 595 g/mol. The summed E-state index contributed by atoms with van der Waals surface area (Å²) in [6.45, 7) is 0. The molecule has 0 saturated carbocycles. The standard InChI is InChI=1S/C44H38N2/c1-45-41(27-23-35-15-7-3-8-16-35)31-39(32-42(45)28-24-36-17-9-4-10-18-36)40-33-43(29-25-37-19-11-5-12-20-37)46(2)44(34-40)30-26-38-21-13-6-14-22-38/h3-34H,1-2H3/q+2/b27-23+,28-24+,29-25+,30-26+. The van der Waals surface area contributed by atoms with Crippen molar-refractivity contribution in [1.82, 2.24) is 0 Å². The van der Waals surface area contributed by atoms with Crippen LogP contribution in [0.3, 0.4) is 0 Å². The summed E-state index contributed by atoms with van der Waals surface area (Å²) in [5, 5.41) is 0. The van der Waals surface area contributed by atoms with Crippen molar-refractivity contribution < 1.29 is 9.13 Å². The first-order valence-corrected chi connectivity index (χ1v) is 15.6. The topological polar surface area (TPSA) is 7.76 Å². The summed E-state index contributed by atoms with van der Waals surface area (Å²) in [4.78, 5) is 0. The van der Waals surface area contributed by atoms with Gasteiger partial charge in [-0.25, -0.2) is 0 Å². The van der Waals surface area contributed by atoms with Crippen LogP contribution in [0.2, 0.25) is 0 Å². The van der Waals surface area contributed by atoms with Crippen molar-refractivity contribution >= 4 is 48.6 Å². The molecule has 0 saturated heterocycles. The summed E-state index contributed by atoms with van der Waals surface area (Å²) in [6.07, 6.45) is 17.5. The van der Waals surface area contributed by atoms with Crippen molar-refractivity contribution in [3.8, 4) is 11.1 Å². The van der Waals surface area contributed by atoms with E-state index in [2.05, 4.69) is 193 Å². The highest BCUT2D eigenvalue weighted by Crippen LogP contribution is 2.25. The molecule has 0 fully saturated rings. The van der Waals surface area contributed by atoms with E-state index in [0.717, 1.165) is 33.9 Å². The Kier molecular flexibility index (Phi) is 9.67. The predicted molar refractivity (Wildman–Crippen MR) is 196 cm³/mol. The minimum absolute atomic E-state index is 1.12. The van der Waals surface area contributed by atoms with Gasteiger partial charge in [0.2, 0.25) is 22.8 Å². The highest BCUT2D eigenvalue weighted by Gasteiger charge is 2.17. The molecule has 6 rings (SSSR count). The van der Waals surface area contributed by atoms with Crippen molar-refractivity contribution in [2.75, 3.05) is 0 Å². The van der Waals surface area contributed by atoms with E-state index in [4.69, 9.17) is 0 Å². The maximum Gasteiger partial charge on any atom is 0.206 e. The van der Waals surface area contributed by atoms with Crippen LogP contribution < -0.4 is 9.13 Å². The molecule has 46 heavy (non-hydrogen) atoms. The van der Waals surface area contributed by atoms with Gasteiger partial charge in [0.05, 0.1) is 0 Å². The minimum Gasteiger partial charge on any atom is -0.195 e. The molecule has 0 unspecified atom stereocenters. The van der Waals surface area contributed by atoms with E-state index in [1.54, 1.807) is 0 Å². The van der Waals surface area contributed by atoms with Crippen LogP contribution >= 0.6 is 0 Å². The van der Waals surface area contributed by atoms with Gasteiger partial charge in [0.15, 0.2) is 0 Å². The molecule has 0 radical (unpaired) electrons. The van der Waals surface area contributed by atoms with Gasteiger partial charge in [0.1, 0.15) is 14.1 Å². The molecule has 0 spiro atoms. The second-order valence-corrected chi connectivity index (χ2v) is 11.3. The molecule has 0 aliphatic carbocycles. The lowest BCUT2D eigenvalue weighted by Gasteiger charge is -2.08. The second-order valence-electron chi connectivity index (χ2n) is 11.3. The van der Waals surface area contributed by atoms with Gasteiger partial charge in [0.25, 0.3) is 0 Å². The Morgan fingerprint density at radius 3 is 0.739 bits per heavy atom. The molecular formula is C44H38N2+2. The first-order chi connectivity index (χ1) is 22.6. The van der Waals surface area contributed by atoms with E-state index < -0.39 is 0 Å². The zero-order chi connectivity index (χ0) is 31.6. The molecule has 6 aromatic rings. The van der Waals surface area contributed by atoms with E-state index in [-0.39, 0.29) is 0 Å². The van der Waals surface area contributed by atoms with Crippen LogP contribution in [0.15, 0.2) is 146 Å². The van der Waals surface area contributed by atoms with Crippen LogP contribution in [0.5, 0.6) is 0 Å². The number of hydrogen-bond donors (Lipinski definition) is 0. The fourth-order valence-electron chi connectivity index (χ4n) is 5.36. The van der Waals surface area contributed by atoms with Crippen molar-refractivity contribution in [2.24, 2.45) is 14.1 Å². The van der Waals surface area contributed by atoms with Gasteiger partial charge in [0, 0.05) is 48.6 Å². The molecule has 2 aromatic heterocycles. The van der Waals surface area contributed by atoms with Gasteiger partial charge < -0.3 is 0 Å². The molecule has 0 N–H and O–H groups in total. The van der Waals surface area contributed by atoms with Crippen molar-refractivity contribution in [1.29, 1.82) is 0 Å². The third-order valence-corrected chi connectivity index (χ3v) is 8.08. The number of pyridine rings is 2. The molecule has 0 aliphatic rings. The van der Waals surface area contributed by atoms with Crippen LogP contribution in [-0.2, 0) is 14.1 Å². The van der Waals surface area contributed by atoms with E-state index in [1.807, 2.05) is 24.3 Å². The van der Waals surface area contributed by atoms with Crippen LogP contribution in [0, 0.1) is 0 Å². The Morgan fingerprint density at radius 1 is 0.304 bits per heavy atom. The van der Waals surface area contributed by atoms with Crippen LogP contribution in [0.25, 0.3) is 59.7 Å². The largest absolute Gasteiger partial charge is 0.206 e. The van der Waals surface area contributed by atoms with E-state index in [9.17, 15) is 0 Å². The number of benzene rings is 4. The quantitative estimate of drug-likeness (QED) is 0.147. The summed E-state index contributed by atoms with van der Waals surface area (Å²) < 4.78 is 4.50. The first-order valence-electron chi connectivity index (χ1n) is 15.6. The van der Waals surface area contributed by atoms with Crippen molar-refractivity contribution in [3.05, 3.63) is 191 Å². The van der Waals surface area contributed by atoms with E-state index in [0.29, 0.717) is 0 Å². The Balaban J connectivity index is 1.49. The second kappa shape index (κ2) is 14.7. The number of rotatable bonds is 9. The fourth-order valence-corrected chi connectivity index (χ4v) is 5.36. The van der Waals surface area contributed by atoms with Gasteiger partial charge in [-0.1, -0.05) is 121 Å². The summed E-state index contributed by atoms with van der Waals surface area (Å²) in [7, 11) is 4.26. The fraction of sp³-hybridized carbons (Fsp3) is 0.0455. The molecule has 0 amide bonds. The van der Waals surface area contributed by atoms with E-state index >= 15 is 0 Å². The third kappa shape index (κ3) is 7.80. The maximum atomic E-state index is 2.28. The van der Waals surface area contributed by atoms with Gasteiger partial charge >= 0.3 is 0 Å². The lowest BCUT2D eigenvalue weighted by Crippen LogP contribution is -2.36. The smallest absolute Gasteiger partial charge is 0.195 e.